The molecule has 0 aliphatic carbocycles. The van der Waals surface area contributed by atoms with Crippen LogP contribution in [0.1, 0.15) is 38.8 Å². The minimum atomic E-state index is -0.162. The lowest BCUT2D eigenvalue weighted by Gasteiger charge is -2.38. The Kier molecular flexibility index (Phi) is 5.88. The van der Waals surface area contributed by atoms with Crippen LogP contribution < -0.4 is 5.32 Å². The lowest BCUT2D eigenvalue weighted by molar-refractivity contribution is -0.128. The molecule has 0 atom stereocenters. The number of amides is 2. The molecule has 3 aromatic rings. The standard InChI is InChI=1S/C23H27N5O3/c1-15-21(16(2)31-26-15)7-8-25-22(29)20-13-28(14-20)23(30)19-6-4-5-18(11-19)12-27-10-9-24-17(27)3/h4-6,9-11,20H,7-8,12-14H2,1-3H3,(H,25,29). The monoisotopic (exact) mass is 421 g/mol. The second-order valence-corrected chi connectivity index (χ2v) is 8.05. The van der Waals surface area contributed by atoms with Crippen LogP contribution in [0.25, 0.3) is 0 Å². The third-order valence-electron chi connectivity index (χ3n) is 5.85. The zero-order valence-electron chi connectivity index (χ0n) is 18.1. The van der Waals surface area contributed by atoms with Gasteiger partial charge in [-0.25, -0.2) is 4.98 Å². The molecular weight excluding hydrogens is 394 g/mol. The van der Waals surface area contributed by atoms with E-state index in [2.05, 4.69) is 15.5 Å². The van der Waals surface area contributed by atoms with Crippen molar-refractivity contribution < 1.29 is 14.1 Å². The number of benzene rings is 1. The van der Waals surface area contributed by atoms with Crippen molar-refractivity contribution in [2.45, 2.75) is 33.7 Å². The van der Waals surface area contributed by atoms with E-state index >= 15 is 0 Å². The molecule has 2 aromatic heterocycles. The van der Waals surface area contributed by atoms with Gasteiger partial charge in [0.1, 0.15) is 11.6 Å². The summed E-state index contributed by atoms with van der Waals surface area (Å²) >= 11 is 0. The normalized spacial score (nSPS) is 13.8. The Morgan fingerprint density at radius 2 is 2.03 bits per heavy atom. The maximum Gasteiger partial charge on any atom is 0.253 e. The number of carbonyl (C=O) groups excluding carboxylic acids is 2. The predicted molar refractivity (Wildman–Crippen MR) is 115 cm³/mol. The molecule has 2 amide bonds. The quantitative estimate of drug-likeness (QED) is 0.632. The Morgan fingerprint density at radius 1 is 1.23 bits per heavy atom. The predicted octanol–water partition coefficient (Wildman–Crippen LogP) is 2.28. The number of hydrogen-bond donors (Lipinski definition) is 1. The molecule has 31 heavy (non-hydrogen) atoms. The van der Waals surface area contributed by atoms with Gasteiger partial charge in [-0.2, -0.15) is 0 Å². The Labute approximate surface area is 181 Å². The summed E-state index contributed by atoms with van der Waals surface area (Å²) in [5.74, 6) is 1.51. The first-order chi connectivity index (χ1) is 14.9. The topological polar surface area (TPSA) is 93.3 Å². The van der Waals surface area contributed by atoms with E-state index in [4.69, 9.17) is 4.52 Å². The zero-order chi connectivity index (χ0) is 22.0. The summed E-state index contributed by atoms with van der Waals surface area (Å²) in [6.07, 6.45) is 4.38. The molecule has 1 aromatic carbocycles. The summed E-state index contributed by atoms with van der Waals surface area (Å²) in [7, 11) is 0. The van der Waals surface area contributed by atoms with E-state index in [1.807, 2.05) is 55.8 Å². The molecule has 1 aliphatic rings. The van der Waals surface area contributed by atoms with Gasteiger partial charge in [-0.05, 0) is 44.9 Å². The molecule has 1 N–H and O–H groups in total. The summed E-state index contributed by atoms with van der Waals surface area (Å²) in [6, 6.07) is 7.64. The first-order valence-corrected chi connectivity index (χ1v) is 10.5. The number of aryl methyl sites for hydroxylation is 3. The van der Waals surface area contributed by atoms with Gasteiger partial charge in [-0.1, -0.05) is 17.3 Å². The Bertz CT molecular complexity index is 1070. The van der Waals surface area contributed by atoms with Crippen LogP contribution >= 0.6 is 0 Å². The first kappa shape index (κ1) is 20.8. The summed E-state index contributed by atoms with van der Waals surface area (Å²) in [6.45, 7) is 7.81. The molecule has 1 saturated heterocycles. The van der Waals surface area contributed by atoms with Gasteiger partial charge in [0.05, 0.1) is 11.6 Å². The van der Waals surface area contributed by atoms with Gasteiger partial charge < -0.3 is 19.3 Å². The van der Waals surface area contributed by atoms with Crippen molar-refractivity contribution in [1.82, 2.24) is 24.9 Å². The number of carbonyl (C=O) groups is 2. The van der Waals surface area contributed by atoms with Crippen LogP contribution in [-0.4, -0.2) is 51.1 Å². The van der Waals surface area contributed by atoms with Gasteiger partial charge in [-0.15, -0.1) is 0 Å². The fourth-order valence-electron chi connectivity index (χ4n) is 3.88. The van der Waals surface area contributed by atoms with E-state index in [9.17, 15) is 9.59 Å². The van der Waals surface area contributed by atoms with Crippen LogP contribution in [0.5, 0.6) is 0 Å². The van der Waals surface area contributed by atoms with Gasteiger partial charge in [0.25, 0.3) is 5.91 Å². The summed E-state index contributed by atoms with van der Waals surface area (Å²) in [4.78, 5) is 31.2. The minimum Gasteiger partial charge on any atom is -0.361 e. The molecule has 0 bridgehead atoms. The highest BCUT2D eigenvalue weighted by Crippen LogP contribution is 2.20. The van der Waals surface area contributed by atoms with E-state index in [1.54, 1.807) is 11.1 Å². The maximum atomic E-state index is 12.8. The van der Waals surface area contributed by atoms with E-state index < -0.39 is 0 Å². The second kappa shape index (κ2) is 8.75. The third kappa shape index (κ3) is 4.52. The Hall–Kier alpha value is -3.42. The molecule has 3 heterocycles. The van der Waals surface area contributed by atoms with Crippen molar-refractivity contribution in [3.05, 3.63) is 70.6 Å². The highest BCUT2D eigenvalue weighted by molar-refractivity contribution is 5.96. The van der Waals surface area contributed by atoms with Crippen LogP contribution in [-0.2, 0) is 17.8 Å². The van der Waals surface area contributed by atoms with E-state index in [0.29, 0.717) is 38.2 Å². The number of nitrogens with zero attached hydrogens (tertiary/aromatic N) is 4. The van der Waals surface area contributed by atoms with Crippen molar-refractivity contribution in [2.24, 2.45) is 5.92 Å². The van der Waals surface area contributed by atoms with Crippen molar-refractivity contribution >= 4 is 11.8 Å². The van der Waals surface area contributed by atoms with Gasteiger partial charge in [0.15, 0.2) is 0 Å². The van der Waals surface area contributed by atoms with Crippen molar-refractivity contribution in [2.75, 3.05) is 19.6 Å². The molecule has 4 rings (SSSR count). The number of likely N-dealkylation sites (tertiary alicyclic amines) is 1. The smallest absolute Gasteiger partial charge is 0.253 e. The summed E-state index contributed by atoms with van der Waals surface area (Å²) in [5, 5.41) is 6.89. The lowest BCUT2D eigenvalue weighted by Crippen LogP contribution is -2.55. The molecule has 0 unspecified atom stereocenters. The average molecular weight is 422 g/mol. The van der Waals surface area contributed by atoms with E-state index in [1.165, 1.54) is 0 Å². The van der Waals surface area contributed by atoms with Crippen LogP contribution in [0.15, 0.2) is 41.2 Å². The molecule has 1 aliphatic heterocycles. The molecule has 0 spiro atoms. The fourth-order valence-corrected chi connectivity index (χ4v) is 3.88. The minimum absolute atomic E-state index is 0.0138. The number of hydrogen-bond acceptors (Lipinski definition) is 5. The van der Waals surface area contributed by atoms with Gasteiger partial charge in [-0.3, -0.25) is 9.59 Å². The molecule has 8 heteroatoms. The maximum absolute atomic E-state index is 12.8. The van der Waals surface area contributed by atoms with Crippen LogP contribution in [0.4, 0.5) is 0 Å². The molecule has 1 fully saturated rings. The molecule has 8 nitrogen and oxygen atoms in total. The van der Waals surface area contributed by atoms with Crippen molar-refractivity contribution in [1.29, 1.82) is 0 Å². The zero-order valence-corrected chi connectivity index (χ0v) is 18.1. The SMILES string of the molecule is Cc1noc(C)c1CCNC(=O)C1CN(C(=O)c2cccc(Cn3ccnc3C)c2)C1. The number of imidazole rings is 1. The van der Waals surface area contributed by atoms with E-state index in [-0.39, 0.29) is 17.7 Å². The van der Waals surface area contributed by atoms with Gasteiger partial charge in [0.2, 0.25) is 5.91 Å². The lowest BCUT2D eigenvalue weighted by atomic mass is 9.97. The fraction of sp³-hybridized carbons (Fsp3) is 0.391. The molecule has 0 saturated carbocycles. The first-order valence-electron chi connectivity index (χ1n) is 10.5. The van der Waals surface area contributed by atoms with E-state index in [0.717, 1.165) is 28.4 Å². The average Bonchev–Trinajstić information content (AvgIpc) is 3.26. The molecular formula is C23H27N5O3. The number of rotatable bonds is 7. The Balaban J connectivity index is 1.27. The van der Waals surface area contributed by atoms with Crippen molar-refractivity contribution in [3.8, 4) is 0 Å². The highest BCUT2D eigenvalue weighted by Gasteiger charge is 2.35. The van der Waals surface area contributed by atoms with Crippen LogP contribution in [0.2, 0.25) is 0 Å². The van der Waals surface area contributed by atoms with Crippen LogP contribution in [0.3, 0.4) is 0 Å². The number of nitrogens with one attached hydrogen (secondary N) is 1. The van der Waals surface area contributed by atoms with Crippen molar-refractivity contribution in [3.63, 3.8) is 0 Å². The largest absolute Gasteiger partial charge is 0.361 e. The molecule has 162 valence electrons. The molecule has 0 radical (unpaired) electrons. The van der Waals surface area contributed by atoms with Gasteiger partial charge in [0, 0.05) is 49.7 Å². The van der Waals surface area contributed by atoms with Crippen LogP contribution in [0, 0.1) is 26.7 Å². The third-order valence-corrected chi connectivity index (χ3v) is 5.85. The second-order valence-electron chi connectivity index (χ2n) is 8.05. The highest BCUT2D eigenvalue weighted by atomic mass is 16.5. The summed E-state index contributed by atoms with van der Waals surface area (Å²) < 4.78 is 7.18. The van der Waals surface area contributed by atoms with Gasteiger partial charge >= 0.3 is 0 Å². The number of aromatic nitrogens is 3. The Morgan fingerprint density at radius 3 is 2.71 bits per heavy atom. The summed E-state index contributed by atoms with van der Waals surface area (Å²) in [5.41, 5.74) is 3.59.